The van der Waals surface area contributed by atoms with E-state index >= 15 is 0 Å². The zero-order chi connectivity index (χ0) is 21.7. The van der Waals surface area contributed by atoms with Crippen molar-refractivity contribution in [1.29, 1.82) is 0 Å². The topological polar surface area (TPSA) is 74.6 Å². The molecule has 0 amide bonds. The Balaban J connectivity index is -0.000000411. The van der Waals surface area contributed by atoms with E-state index in [1.165, 1.54) is 0 Å². The molecule has 0 saturated carbocycles. The summed E-state index contributed by atoms with van der Waals surface area (Å²) >= 11 is 0. The number of halogens is 12. The summed E-state index contributed by atoms with van der Waals surface area (Å²) in [4.78, 5) is 19.7. The van der Waals surface area contributed by atoms with Crippen molar-refractivity contribution in [2.45, 2.75) is 24.7 Å². The van der Waals surface area contributed by atoms with Crippen molar-refractivity contribution in [3.8, 4) is 0 Å². The average Bonchev–Trinajstić information content (AvgIpc) is 2.34. The normalized spacial score (nSPS) is 13.9. The number of hydrogen-bond acceptors (Lipinski definition) is 4. The summed E-state index contributed by atoms with van der Waals surface area (Å²) in [7, 11) is 0. The van der Waals surface area contributed by atoms with Crippen LogP contribution in [-0.4, -0.2) is 46.5 Å². The molecule has 0 bridgehead atoms. The van der Waals surface area contributed by atoms with E-state index in [4.69, 9.17) is 10.2 Å². The maximum atomic E-state index is 11.4. The summed E-state index contributed by atoms with van der Waals surface area (Å²) in [5, 5.41) is 15.9. The Bertz CT molecular complexity index is 527. The smallest absolute Gasteiger partial charge is 0.454 e. The summed E-state index contributed by atoms with van der Waals surface area (Å²) in [5.41, 5.74) is 0. The fraction of sp³-hybridized carbons (Fsp3) is 0.400. The molecule has 0 aromatic rings. The van der Waals surface area contributed by atoms with Crippen LogP contribution in [0.25, 0.3) is 0 Å². The van der Waals surface area contributed by atoms with E-state index in [1.807, 2.05) is 0 Å². The van der Waals surface area contributed by atoms with Crippen molar-refractivity contribution in [1.82, 2.24) is 0 Å². The van der Waals surface area contributed by atoms with Gasteiger partial charge >= 0.3 is 24.7 Å². The van der Waals surface area contributed by atoms with Gasteiger partial charge in [0.15, 0.2) is 0 Å². The number of rotatable bonds is 2. The molecular formula is C10H4CuF12O4. The van der Waals surface area contributed by atoms with Gasteiger partial charge in [-0.15, -0.1) is 0 Å². The van der Waals surface area contributed by atoms with Crippen LogP contribution < -0.4 is 0 Å². The van der Waals surface area contributed by atoms with E-state index in [2.05, 4.69) is 0 Å². The molecule has 0 aromatic heterocycles. The summed E-state index contributed by atoms with van der Waals surface area (Å²) < 4.78 is 136. The molecule has 0 fully saturated rings. The second kappa shape index (κ2) is 9.87. The molecule has 4 nitrogen and oxygen atoms in total. The summed E-state index contributed by atoms with van der Waals surface area (Å²) in [6.07, 6.45) is -23.4. The van der Waals surface area contributed by atoms with Crippen LogP contribution in [0.4, 0.5) is 52.7 Å². The van der Waals surface area contributed by atoms with Crippen molar-refractivity contribution < 1.29 is 89.6 Å². The third-order valence-electron chi connectivity index (χ3n) is 1.68. The van der Waals surface area contributed by atoms with Gasteiger partial charge in [-0.3, -0.25) is 9.59 Å². The van der Waals surface area contributed by atoms with Gasteiger partial charge in [-0.25, -0.2) is 0 Å². The Morgan fingerprint density at radius 2 is 0.704 bits per heavy atom. The van der Waals surface area contributed by atoms with Gasteiger partial charge in [0.1, 0.15) is 0 Å². The van der Waals surface area contributed by atoms with Gasteiger partial charge in [-0.1, -0.05) is 0 Å². The SMILES string of the molecule is O=C(C=C(O)C(F)(F)F)C(F)(F)F.O=C(C=C(O)C(F)(F)F)C(F)(F)F.[Cu]. The third kappa shape index (κ3) is 13.0. The van der Waals surface area contributed by atoms with E-state index in [0.29, 0.717) is 0 Å². The quantitative estimate of drug-likeness (QED) is 0.269. The van der Waals surface area contributed by atoms with E-state index < -0.39 is 59.9 Å². The molecule has 0 rings (SSSR count). The first kappa shape index (κ1) is 29.8. The Kier molecular flexibility index (Phi) is 10.9. The predicted molar refractivity (Wildman–Crippen MR) is 55.7 cm³/mol. The number of ketones is 2. The molecule has 163 valence electrons. The summed E-state index contributed by atoms with van der Waals surface area (Å²) in [6, 6.07) is 0. The minimum absolute atomic E-state index is 0. The first-order valence-electron chi connectivity index (χ1n) is 5.28. The van der Waals surface area contributed by atoms with Gasteiger partial charge in [0.25, 0.3) is 11.6 Å². The van der Waals surface area contributed by atoms with Crippen molar-refractivity contribution in [2.24, 2.45) is 0 Å². The van der Waals surface area contributed by atoms with Crippen LogP contribution in [0.1, 0.15) is 0 Å². The number of carbonyl (C=O) groups is 2. The molecule has 17 heteroatoms. The van der Waals surface area contributed by atoms with Gasteiger partial charge < -0.3 is 10.2 Å². The maximum Gasteiger partial charge on any atom is 0.454 e. The monoisotopic (exact) mass is 479 g/mol. The van der Waals surface area contributed by atoms with Crippen LogP contribution in [0.2, 0.25) is 0 Å². The molecule has 0 heterocycles. The number of carbonyl (C=O) groups excluding carboxylic acids is 2. The molecule has 0 saturated heterocycles. The van der Waals surface area contributed by atoms with Crippen LogP contribution in [-0.2, 0) is 26.7 Å². The van der Waals surface area contributed by atoms with Crippen molar-refractivity contribution in [3.63, 3.8) is 0 Å². The number of alkyl halides is 12. The molecule has 0 spiro atoms. The van der Waals surface area contributed by atoms with Crippen molar-refractivity contribution in [3.05, 3.63) is 23.7 Å². The maximum absolute atomic E-state index is 11.4. The molecule has 0 unspecified atom stereocenters. The van der Waals surface area contributed by atoms with Gasteiger partial charge in [-0.05, 0) is 0 Å². The van der Waals surface area contributed by atoms with E-state index in [1.54, 1.807) is 0 Å². The zero-order valence-corrected chi connectivity index (χ0v) is 12.6. The Morgan fingerprint density at radius 3 is 0.815 bits per heavy atom. The molecular weight excluding hydrogens is 476 g/mol. The van der Waals surface area contributed by atoms with Crippen LogP contribution in [0.5, 0.6) is 0 Å². The van der Waals surface area contributed by atoms with Crippen LogP contribution >= 0.6 is 0 Å². The van der Waals surface area contributed by atoms with E-state index in [9.17, 15) is 62.3 Å². The largest absolute Gasteiger partial charge is 0.504 e. The van der Waals surface area contributed by atoms with Gasteiger partial charge in [0, 0.05) is 29.2 Å². The number of allylic oxidation sites excluding steroid dienone is 4. The number of aliphatic hydroxyl groups excluding tert-OH is 2. The third-order valence-corrected chi connectivity index (χ3v) is 1.68. The van der Waals surface area contributed by atoms with Crippen LogP contribution in [0, 0.1) is 0 Å². The molecule has 1 radical (unpaired) electrons. The van der Waals surface area contributed by atoms with Crippen LogP contribution in [0.15, 0.2) is 23.7 Å². The molecule has 27 heavy (non-hydrogen) atoms. The first-order valence-corrected chi connectivity index (χ1v) is 5.28. The van der Waals surface area contributed by atoms with E-state index in [0.717, 1.165) is 0 Å². The van der Waals surface area contributed by atoms with Gasteiger partial charge in [0.05, 0.1) is 0 Å². The fourth-order valence-corrected chi connectivity index (χ4v) is 0.576. The second-order valence-corrected chi connectivity index (χ2v) is 3.78. The second-order valence-electron chi connectivity index (χ2n) is 3.78. The van der Waals surface area contributed by atoms with Crippen LogP contribution in [0.3, 0.4) is 0 Å². The number of aliphatic hydroxyl groups is 2. The molecule has 0 aliphatic carbocycles. The van der Waals surface area contributed by atoms with E-state index in [-0.39, 0.29) is 17.1 Å². The summed E-state index contributed by atoms with van der Waals surface area (Å²) in [6.45, 7) is 0. The van der Waals surface area contributed by atoms with Gasteiger partial charge in [-0.2, -0.15) is 52.7 Å². The number of hydrogen-bond donors (Lipinski definition) is 2. The Labute approximate surface area is 150 Å². The Hall–Kier alpha value is -1.90. The standard InChI is InChI=1S/2C5H2F6O2.Cu/c2*6-4(7,8)2(12)1-3(13)5(9,10)11;/h2*1,12H;. The van der Waals surface area contributed by atoms with Gasteiger partial charge in [0.2, 0.25) is 11.5 Å². The first-order chi connectivity index (χ1) is 11.1. The molecule has 0 aliphatic heterocycles. The average molecular weight is 480 g/mol. The Morgan fingerprint density at radius 1 is 0.519 bits per heavy atom. The minimum atomic E-state index is -5.42. The summed E-state index contributed by atoms with van der Waals surface area (Å²) in [5.74, 6) is -10.7. The molecule has 0 aliphatic rings. The minimum Gasteiger partial charge on any atom is -0.504 e. The predicted octanol–water partition coefficient (Wildman–Crippen LogP) is 4.24. The van der Waals surface area contributed by atoms with Crippen molar-refractivity contribution in [2.75, 3.05) is 0 Å². The zero-order valence-electron chi connectivity index (χ0n) is 11.7. The molecule has 0 atom stereocenters. The molecule has 2 N–H and O–H groups in total. The van der Waals surface area contributed by atoms with Crippen molar-refractivity contribution >= 4 is 11.6 Å². The fourth-order valence-electron chi connectivity index (χ4n) is 0.576. The molecule has 0 aromatic carbocycles.